The fourth-order valence-corrected chi connectivity index (χ4v) is 2.96. The molecule has 3 rings (SSSR count). The van der Waals surface area contributed by atoms with Gasteiger partial charge in [-0.2, -0.15) is 0 Å². The van der Waals surface area contributed by atoms with Crippen LogP contribution in [0.1, 0.15) is 16.8 Å². The van der Waals surface area contributed by atoms with E-state index in [9.17, 15) is 4.79 Å². The number of halogens is 1. The summed E-state index contributed by atoms with van der Waals surface area (Å²) in [6.07, 6.45) is 0. The van der Waals surface area contributed by atoms with E-state index in [0.29, 0.717) is 6.54 Å². The van der Waals surface area contributed by atoms with Crippen molar-refractivity contribution in [1.29, 1.82) is 0 Å². The van der Waals surface area contributed by atoms with Gasteiger partial charge in [0.05, 0.1) is 5.52 Å². The minimum absolute atomic E-state index is 0.0491. The van der Waals surface area contributed by atoms with Crippen molar-refractivity contribution < 1.29 is 0 Å². The molecule has 112 valence electrons. The SMILES string of the molecule is Cc1cc(C)c(CNc2ccc3cccc(Br)c3n2)c(=O)[nH]1. The number of aromatic amines is 1. The molecular formula is C17H16BrN3O. The van der Waals surface area contributed by atoms with E-state index in [1.165, 1.54) is 0 Å². The third-order valence-electron chi connectivity index (χ3n) is 3.61. The number of rotatable bonds is 3. The average Bonchev–Trinajstić information content (AvgIpc) is 2.47. The zero-order chi connectivity index (χ0) is 15.7. The van der Waals surface area contributed by atoms with Gasteiger partial charge in [-0.1, -0.05) is 12.1 Å². The Labute approximate surface area is 136 Å². The Balaban J connectivity index is 1.88. The lowest BCUT2D eigenvalue weighted by Crippen LogP contribution is -2.18. The summed E-state index contributed by atoms with van der Waals surface area (Å²) in [5.41, 5.74) is 3.45. The fourth-order valence-electron chi connectivity index (χ4n) is 2.49. The summed E-state index contributed by atoms with van der Waals surface area (Å²) >= 11 is 3.51. The number of hydrogen-bond acceptors (Lipinski definition) is 3. The van der Waals surface area contributed by atoms with Crippen molar-refractivity contribution in [2.24, 2.45) is 0 Å². The van der Waals surface area contributed by atoms with E-state index in [1.54, 1.807) is 0 Å². The normalized spacial score (nSPS) is 10.9. The second-order valence-corrected chi connectivity index (χ2v) is 6.16. The smallest absolute Gasteiger partial charge is 0.253 e. The number of nitrogens with one attached hydrogen (secondary N) is 2. The number of aromatic nitrogens is 2. The maximum atomic E-state index is 12.0. The minimum atomic E-state index is -0.0491. The van der Waals surface area contributed by atoms with Crippen molar-refractivity contribution >= 4 is 32.7 Å². The van der Waals surface area contributed by atoms with Crippen LogP contribution in [0.3, 0.4) is 0 Å². The van der Waals surface area contributed by atoms with Crippen LogP contribution in [0.25, 0.3) is 10.9 Å². The highest BCUT2D eigenvalue weighted by molar-refractivity contribution is 9.10. The molecule has 4 nitrogen and oxygen atoms in total. The lowest BCUT2D eigenvalue weighted by Gasteiger charge is -2.09. The first kappa shape index (κ1) is 14.8. The number of H-pyrrole nitrogens is 1. The third kappa shape index (κ3) is 2.90. The summed E-state index contributed by atoms with van der Waals surface area (Å²) in [7, 11) is 0. The summed E-state index contributed by atoms with van der Waals surface area (Å²) < 4.78 is 0.956. The molecule has 0 atom stereocenters. The van der Waals surface area contributed by atoms with Crippen molar-refractivity contribution in [3.8, 4) is 0 Å². The van der Waals surface area contributed by atoms with Crippen molar-refractivity contribution in [3.05, 3.63) is 68.0 Å². The molecule has 5 heteroatoms. The number of benzene rings is 1. The Morgan fingerprint density at radius 1 is 1.23 bits per heavy atom. The van der Waals surface area contributed by atoms with Crippen LogP contribution in [-0.4, -0.2) is 9.97 Å². The Morgan fingerprint density at radius 2 is 2.05 bits per heavy atom. The van der Waals surface area contributed by atoms with Gasteiger partial charge in [0.1, 0.15) is 5.82 Å². The number of para-hydroxylation sites is 1. The van der Waals surface area contributed by atoms with Crippen LogP contribution in [0.5, 0.6) is 0 Å². The lowest BCUT2D eigenvalue weighted by molar-refractivity contribution is 1.01. The number of fused-ring (bicyclic) bond motifs is 1. The van der Waals surface area contributed by atoms with Crippen LogP contribution < -0.4 is 10.9 Å². The minimum Gasteiger partial charge on any atom is -0.366 e. The van der Waals surface area contributed by atoms with Gasteiger partial charge in [0.15, 0.2) is 0 Å². The molecule has 0 fully saturated rings. The van der Waals surface area contributed by atoms with Crippen LogP contribution in [0.4, 0.5) is 5.82 Å². The zero-order valence-electron chi connectivity index (χ0n) is 12.4. The van der Waals surface area contributed by atoms with Crippen molar-refractivity contribution in [2.75, 3.05) is 5.32 Å². The van der Waals surface area contributed by atoms with Crippen LogP contribution in [0.15, 0.2) is 45.7 Å². The highest BCUT2D eigenvalue weighted by Gasteiger charge is 2.06. The summed E-state index contributed by atoms with van der Waals surface area (Å²) in [4.78, 5) is 19.5. The van der Waals surface area contributed by atoms with Crippen LogP contribution in [0.2, 0.25) is 0 Å². The van der Waals surface area contributed by atoms with Crippen LogP contribution in [-0.2, 0) is 6.54 Å². The highest BCUT2D eigenvalue weighted by Crippen LogP contribution is 2.23. The van der Waals surface area contributed by atoms with Gasteiger partial charge in [-0.15, -0.1) is 0 Å². The van der Waals surface area contributed by atoms with E-state index >= 15 is 0 Å². The molecule has 0 aliphatic rings. The molecule has 0 bridgehead atoms. The molecule has 1 aromatic carbocycles. The number of pyridine rings is 2. The first-order valence-corrected chi connectivity index (χ1v) is 7.82. The summed E-state index contributed by atoms with van der Waals surface area (Å²) in [6.45, 7) is 4.28. The predicted molar refractivity (Wildman–Crippen MR) is 93.3 cm³/mol. The summed E-state index contributed by atoms with van der Waals surface area (Å²) in [5, 5.41) is 4.30. The van der Waals surface area contributed by atoms with E-state index in [4.69, 9.17) is 0 Å². The molecule has 0 aliphatic heterocycles. The molecule has 0 spiro atoms. The number of nitrogens with zero attached hydrogens (tertiary/aromatic N) is 1. The lowest BCUT2D eigenvalue weighted by atomic mass is 10.1. The van der Waals surface area contributed by atoms with Gasteiger partial charge < -0.3 is 10.3 Å². The van der Waals surface area contributed by atoms with Crippen LogP contribution in [0, 0.1) is 13.8 Å². The molecule has 0 amide bonds. The molecule has 2 N–H and O–H groups in total. The maximum absolute atomic E-state index is 12.0. The monoisotopic (exact) mass is 357 g/mol. The van der Waals surface area contributed by atoms with Gasteiger partial charge in [0, 0.05) is 27.7 Å². The Morgan fingerprint density at radius 3 is 2.82 bits per heavy atom. The molecule has 0 unspecified atom stereocenters. The van der Waals surface area contributed by atoms with Gasteiger partial charge in [-0.3, -0.25) is 4.79 Å². The van der Waals surface area contributed by atoms with Gasteiger partial charge in [0.25, 0.3) is 5.56 Å². The molecule has 0 radical (unpaired) electrons. The largest absolute Gasteiger partial charge is 0.366 e. The second-order valence-electron chi connectivity index (χ2n) is 5.30. The topological polar surface area (TPSA) is 57.8 Å². The highest BCUT2D eigenvalue weighted by atomic mass is 79.9. The van der Waals surface area contributed by atoms with Crippen LogP contribution >= 0.6 is 15.9 Å². The van der Waals surface area contributed by atoms with Crippen molar-refractivity contribution in [3.63, 3.8) is 0 Å². The van der Waals surface area contributed by atoms with E-state index in [1.807, 2.05) is 50.2 Å². The first-order valence-electron chi connectivity index (χ1n) is 7.03. The first-order chi connectivity index (χ1) is 10.5. The number of aryl methyl sites for hydroxylation is 2. The Kier molecular flexibility index (Phi) is 3.98. The molecule has 22 heavy (non-hydrogen) atoms. The molecular weight excluding hydrogens is 342 g/mol. The van der Waals surface area contributed by atoms with Gasteiger partial charge in [-0.05, 0) is 59.6 Å². The van der Waals surface area contributed by atoms with E-state index < -0.39 is 0 Å². The number of hydrogen-bond donors (Lipinski definition) is 2. The van der Waals surface area contributed by atoms with Crippen molar-refractivity contribution in [2.45, 2.75) is 20.4 Å². The third-order valence-corrected chi connectivity index (χ3v) is 4.25. The zero-order valence-corrected chi connectivity index (χ0v) is 14.0. The molecule has 0 aliphatic carbocycles. The molecule has 2 heterocycles. The van der Waals surface area contributed by atoms with E-state index in [0.717, 1.165) is 38.0 Å². The van der Waals surface area contributed by atoms with Crippen molar-refractivity contribution in [1.82, 2.24) is 9.97 Å². The average molecular weight is 358 g/mol. The quantitative estimate of drug-likeness (QED) is 0.746. The fraction of sp³-hybridized carbons (Fsp3) is 0.176. The molecule has 0 saturated heterocycles. The predicted octanol–water partition coefficient (Wildman–Crippen LogP) is 3.91. The van der Waals surface area contributed by atoms with Gasteiger partial charge in [0.2, 0.25) is 0 Å². The standard InChI is InChI=1S/C17H16BrN3O/c1-10-8-11(2)20-17(22)13(10)9-19-15-7-6-12-4-3-5-14(18)16(12)21-15/h3-8H,9H2,1-2H3,(H,19,21)(H,20,22). The molecule has 0 saturated carbocycles. The molecule has 2 aromatic heterocycles. The Hall–Kier alpha value is -2.14. The maximum Gasteiger partial charge on any atom is 0.253 e. The summed E-state index contributed by atoms with van der Waals surface area (Å²) in [6, 6.07) is 11.9. The van der Waals surface area contributed by atoms with E-state index in [-0.39, 0.29) is 5.56 Å². The van der Waals surface area contributed by atoms with Gasteiger partial charge >= 0.3 is 0 Å². The van der Waals surface area contributed by atoms with E-state index in [2.05, 4.69) is 31.2 Å². The summed E-state index contributed by atoms with van der Waals surface area (Å²) in [5.74, 6) is 0.749. The Bertz CT molecular complexity index is 902. The van der Waals surface area contributed by atoms with Gasteiger partial charge in [-0.25, -0.2) is 4.98 Å². The molecule has 3 aromatic rings. The number of anilines is 1. The second kappa shape index (κ2) is 5.93.